The van der Waals surface area contributed by atoms with Gasteiger partial charge in [-0.2, -0.15) is 0 Å². The van der Waals surface area contributed by atoms with E-state index in [0.717, 1.165) is 11.0 Å². The number of para-hydroxylation sites is 2. The molecule has 0 spiro atoms. The van der Waals surface area contributed by atoms with Crippen molar-refractivity contribution >= 4 is 11.0 Å². The first-order valence-corrected chi connectivity index (χ1v) is 7.34. The molecule has 1 aromatic carbocycles. The van der Waals surface area contributed by atoms with Crippen molar-refractivity contribution in [2.24, 2.45) is 0 Å². The quantitative estimate of drug-likeness (QED) is 0.587. The fourth-order valence-electron chi connectivity index (χ4n) is 2.69. The van der Waals surface area contributed by atoms with Crippen LogP contribution in [0.1, 0.15) is 5.82 Å². The lowest BCUT2D eigenvalue weighted by atomic mass is 9.99. The third kappa shape index (κ3) is 3.23. The predicted molar refractivity (Wildman–Crippen MR) is 79.4 cm³/mol. The van der Waals surface area contributed by atoms with Crippen molar-refractivity contribution in [1.82, 2.24) is 9.97 Å². The fraction of sp³-hybridized carbons (Fsp3) is 0.533. The minimum Gasteiger partial charge on any atom is -0.394 e. The van der Waals surface area contributed by atoms with Crippen LogP contribution in [0.4, 0.5) is 0 Å². The van der Waals surface area contributed by atoms with Crippen molar-refractivity contribution in [1.29, 1.82) is 0 Å². The summed E-state index contributed by atoms with van der Waals surface area (Å²) < 4.78 is 15.9. The molecule has 0 bridgehead atoms. The zero-order valence-corrected chi connectivity index (χ0v) is 12.6. The van der Waals surface area contributed by atoms with Crippen LogP contribution in [0.3, 0.4) is 0 Å². The van der Waals surface area contributed by atoms with Gasteiger partial charge in [0, 0.05) is 7.11 Å². The SMILES string of the molecule is CO[C@@H]1O[C@H](CO)[C@H](O)[C@H](OCc2nc3ccccc3[nH]2)[C@H]1O. The van der Waals surface area contributed by atoms with Gasteiger partial charge in [0.1, 0.15) is 36.8 Å². The normalized spacial score (nSPS) is 31.6. The number of hydrogen-bond acceptors (Lipinski definition) is 7. The molecule has 0 aliphatic carbocycles. The minimum atomic E-state index is -1.18. The molecule has 0 radical (unpaired) electrons. The van der Waals surface area contributed by atoms with Crippen molar-refractivity contribution in [3.8, 4) is 0 Å². The van der Waals surface area contributed by atoms with Gasteiger partial charge in [-0.15, -0.1) is 0 Å². The molecule has 8 nitrogen and oxygen atoms in total. The number of aliphatic hydroxyl groups is 3. The molecule has 0 saturated carbocycles. The molecule has 1 aliphatic rings. The summed E-state index contributed by atoms with van der Waals surface area (Å²) in [5.74, 6) is 0.576. The van der Waals surface area contributed by atoms with Gasteiger partial charge in [0.15, 0.2) is 6.29 Å². The smallest absolute Gasteiger partial charge is 0.186 e. The molecule has 23 heavy (non-hydrogen) atoms. The van der Waals surface area contributed by atoms with Gasteiger partial charge < -0.3 is 34.5 Å². The van der Waals surface area contributed by atoms with E-state index < -0.39 is 37.3 Å². The number of methoxy groups -OCH3 is 1. The van der Waals surface area contributed by atoms with Crippen LogP contribution in [0.25, 0.3) is 11.0 Å². The molecule has 4 N–H and O–H groups in total. The van der Waals surface area contributed by atoms with Crippen molar-refractivity contribution in [3.63, 3.8) is 0 Å². The number of aromatic nitrogens is 2. The molecule has 8 heteroatoms. The van der Waals surface area contributed by atoms with Crippen LogP contribution in [-0.2, 0) is 20.8 Å². The third-order valence-corrected chi connectivity index (χ3v) is 3.91. The highest BCUT2D eigenvalue weighted by Gasteiger charge is 2.45. The lowest BCUT2D eigenvalue weighted by molar-refractivity contribution is -0.303. The van der Waals surface area contributed by atoms with E-state index in [1.807, 2.05) is 24.3 Å². The number of aromatic amines is 1. The second-order valence-corrected chi connectivity index (χ2v) is 5.42. The topological polar surface area (TPSA) is 117 Å². The number of benzene rings is 1. The van der Waals surface area contributed by atoms with Gasteiger partial charge in [-0.3, -0.25) is 0 Å². The maximum atomic E-state index is 10.2. The van der Waals surface area contributed by atoms with Crippen molar-refractivity contribution in [3.05, 3.63) is 30.1 Å². The first-order valence-electron chi connectivity index (χ1n) is 7.34. The Bertz CT molecular complexity index is 599. The number of aliphatic hydroxyl groups excluding tert-OH is 3. The lowest BCUT2D eigenvalue weighted by Crippen LogP contribution is -2.59. The van der Waals surface area contributed by atoms with Crippen LogP contribution in [0.2, 0.25) is 0 Å². The fourth-order valence-corrected chi connectivity index (χ4v) is 2.69. The van der Waals surface area contributed by atoms with Crippen molar-refractivity contribution in [2.45, 2.75) is 37.3 Å². The largest absolute Gasteiger partial charge is 0.394 e. The van der Waals surface area contributed by atoms with E-state index in [0.29, 0.717) is 5.82 Å². The minimum absolute atomic E-state index is 0.0715. The number of fused-ring (bicyclic) bond motifs is 1. The molecule has 3 rings (SSSR count). The molecule has 2 aromatic rings. The Kier molecular flexibility index (Phi) is 4.90. The van der Waals surface area contributed by atoms with Crippen LogP contribution in [-0.4, -0.2) is 69.7 Å². The van der Waals surface area contributed by atoms with Gasteiger partial charge in [-0.05, 0) is 12.1 Å². The van der Waals surface area contributed by atoms with E-state index in [1.54, 1.807) is 0 Å². The third-order valence-electron chi connectivity index (χ3n) is 3.91. The second-order valence-electron chi connectivity index (χ2n) is 5.42. The number of rotatable bonds is 5. The Balaban J connectivity index is 1.71. The molecular formula is C15H20N2O6. The van der Waals surface area contributed by atoms with E-state index in [2.05, 4.69) is 9.97 Å². The summed E-state index contributed by atoms with van der Waals surface area (Å²) in [7, 11) is 1.37. The highest BCUT2D eigenvalue weighted by Crippen LogP contribution is 2.24. The maximum Gasteiger partial charge on any atom is 0.186 e. The Labute approximate surface area is 132 Å². The van der Waals surface area contributed by atoms with Crippen molar-refractivity contribution < 1.29 is 29.5 Å². The molecule has 1 saturated heterocycles. The molecule has 0 unspecified atom stereocenters. The lowest BCUT2D eigenvalue weighted by Gasteiger charge is -2.41. The van der Waals surface area contributed by atoms with E-state index in [1.165, 1.54) is 7.11 Å². The van der Waals surface area contributed by atoms with Gasteiger partial charge in [0.05, 0.1) is 17.6 Å². The Morgan fingerprint density at radius 1 is 1.26 bits per heavy atom. The number of nitrogens with zero attached hydrogens (tertiary/aromatic N) is 1. The summed E-state index contributed by atoms with van der Waals surface area (Å²) in [5.41, 5.74) is 1.68. The standard InChI is InChI=1S/C15H20N2O6/c1-21-15-13(20)14(12(19)10(6-18)23-15)22-7-11-16-8-4-2-3-5-9(8)17-11/h2-5,10,12-15,18-20H,6-7H2,1H3,(H,16,17)/t10-,12+,13-,14+,15-/m1/s1. The van der Waals surface area contributed by atoms with Gasteiger partial charge >= 0.3 is 0 Å². The van der Waals surface area contributed by atoms with E-state index in [9.17, 15) is 15.3 Å². The summed E-state index contributed by atoms with van der Waals surface area (Å²) in [5, 5.41) is 29.6. The summed E-state index contributed by atoms with van der Waals surface area (Å²) in [6, 6.07) is 7.55. The van der Waals surface area contributed by atoms with Crippen LogP contribution in [0.15, 0.2) is 24.3 Å². The number of imidazole rings is 1. The van der Waals surface area contributed by atoms with E-state index in [-0.39, 0.29) is 6.61 Å². The monoisotopic (exact) mass is 324 g/mol. The maximum absolute atomic E-state index is 10.2. The summed E-state index contributed by atoms with van der Waals surface area (Å²) in [6.07, 6.45) is -5.17. The first-order chi connectivity index (χ1) is 11.1. The van der Waals surface area contributed by atoms with Crippen LogP contribution in [0.5, 0.6) is 0 Å². The molecule has 1 fully saturated rings. The van der Waals surface area contributed by atoms with Gasteiger partial charge in [0.25, 0.3) is 0 Å². The molecule has 0 amide bonds. The molecule has 5 atom stereocenters. The van der Waals surface area contributed by atoms with E-state index >= 15 is 0 Å². The molecule has 126 valence electrons. The number of ether oxygens (including phenoxy) is 3. The number of H-pyrrole nitrogens is 1. The predicted octanol–water partition coefficient (Wildman–Crippen LogP) is -0.467. The molecular weight excluding hydrogens is 304 g/mol. The van der Waals surface area contributed by atoms with Crippen LogP contribution < -0.4 is 0 Å². The van der Waals surface area contributed by atoms with Crippen LogP contribution >= 0.6 is 0 Å². The van der Waals surface area contributed by atoms with Gasteiger partial charge in [-0.1, -0.05) is 12.1 Å². The summed E-state index contributed by atoms with van der Waals surface area (Å²) in [4.78, 5) is 7.47. The Morgan fingerprint density at radius 3 is 2.74 bits per heavy atom. The number of nitrogens with one attached hydrogen (secondary N) is 1. The summed E-state index contributed by atoms with van der Waals surface area (Å²) >= 11 is 0. The average molecular weight is 324 g/mol. The number of hydrogen-bond donors (Lipinski definition) is 4. The highest BCUT2D eigenvalue weighted by atomic mass is 16.7. The van der Waals surface area contributed by atoms with E-state index in [4.69, 9.17) is 14.2 Å². The van der Waals surface area contributed by atoms with Crippen molar-refractivity contribution in [2.75, 3.05) is 13.7 Å². The van der Waals surface area contributed by atoms with Gasteiger partial charge in [-0.25, -0.2) is 4.98 Å². The second kappa shape index (κ2) is 6.91. The summed E-state index contributed by atoms with van der Waals surface area (Å²) in [6.45, 7) is -0.333. The Morgan fingerprint density at radius 2 is 2.04 bits per heavy atom. The zero-order chi connectivity index (χ0) is 16.4. The molecule has 1 aliphatic heterocycles. The Hall–Kier alpha value is -1.55. The van der Waals surface area contributed by atoms with Crippen LogP contribution in [0, 0.1) is 0 Å². The average Bonchev–Trinajstić information content (AvgIpc) is 2.98. The first kappa shape index (κ1) is 16.3. The zero-order valence-electron chi connectivity index (χ0n) is 12.6. The molecule has 2 heterocycles. The molecule has 1 aromatic heterocycles. The van der Waals surface area contributed by atoms with Gasteiger partial charge in [0.2, 0.25) is 0 Å². The highest BCUT2D eigenvalue weighted by molar-refractivity contribution is 5.74.